The van der Waals surface area contributed by atoms with Gasteiger partial charge in [0.25, 0.3) is 0 Å². The standard InChI is InChI=1S/C17H19ClN2O3S/c1-2-23-16(22)8-5-9-19-15(21)10-12-11-24-17(20-12)13-6-3-4-7-14(13)18/h3-4,6-7,11H,2,5,8-10H2,1H3,(H,19,21). The van der Waals surface area contributed by atoms with Gasteiger partial charge in [0.2, 0.25) is 5.91 Å². The van der Waals surface area contributed by atoms with Crippen LogP contribution >= 0.6 is 22.9 Å². The molecule has 0 spiro atoms. The molecule has 1 aromatic carbocycles. The van der Waals surface area contributed by atoms with Crippen molar-refractivity contribution in [3.05, 3.63) is 40.4 Å². The number of thiazole rings is 1. The Balaban J connectivity index is 1.79. The second kappa shape index (κ2) is 9.39. The summed E-state index contributed by atoms with van der Waals surface area (Å²) in [4.78, 5) is 27.6. The average Bonchev–Trinajstić information content (AvgIpc) is 3.00. The Hall–Kier alpha value is -1.92. The average molecular weight is 367 g/mol. The zero-order valence-corrected chi connectivity index (χ0v) is 15.0. The molecule has 2 rings (SSSR count). The monoisotopic (exact) mass is 366 g/mol. The van der Waals surface area contributed by atoms with Gasteiger partial charge in [0.15, 0.2) is 0 Å². The number of nitrogens with one attached hydrogen (secondary N) is 1. The van der Waals surface area contributed by atoms with Crippen LogP contribution in [0.2, 0.25) is 5.02 Å². The van der Waals surface area contributed by atoms with Crippen LogP contribution in [0.15, 0.2) is 29.6 Å². The van der Waals surface area contributed by atoms with E-state index in [2.05, 4.69) is 10.3 Å². The van der Waals surface area contributed by atoms with Gasteiger partial charge in [0.05, 0.1) is 23.7 Å². The Morgan fingerprint density at radius 1 is 1.33 bits per heavy atom. The molecule has 0 saturated carbocycles. The van der Waals surface area contributed by atoms with Gasteiger partial charge in [-0.05, 0) is 19.4 Å². The Kier molecular flexibility index (Phi) is 7.21. The molecule has 0 fully saturated rings. The first-order chi connectivity index (χ1) is 11.6. The molecule has 0 bridgehead atoms. The molecule has 0 radical (unpaired) electrons. The second-order valence-electron chi connectivity index (χ2n) is 5.06. The van der Waals surface area contributed by atoms with Gasteiger partial charge in [0, 0.05) is 23.9 Å². The summed E-state index contributed by atoms with van der Waals surface area (Å²) in [6.07, 6.45) is 1.08. The van der Waals surface area contributed by atoms with Gasteiger partial charge in [-0.1, -0.05) is 29.8 Å². The number of esters is 1. The molecular weight excluding hydrogens is 348 g/mol. The zero-order chi connectivity index (χ0) is 17.4. The summed E-state index contributed by atoms with van der Waals surface area (Å²) in [6.45, 7) is 2.59. The molecule has 128 valence electrons. The third-order valence-corrected chi connectivity index (χ3v) is 4.44. The number of rotatable bonds is 8. The maximum absolute atomic E-state index is 11.9. The number of benzene rings is 1. The predicted molar refractivity (Wildman–Crippen MR) is 95.1 cm³/mol. The lowest BCUT2D eigenvalue weighted by Gasteiger charge is -2.04. The van der Waals surface area contributed by atoms with Crippen LogP contribution in [-0.2, 0) is 20.7 Å². The van der Waals surface area contributed by atoms with E-state index in [0.717, 1.165) is 10.6 Å². The fraction of sp³-hybridized carbons (Fsp3) is 0.353. The summed E-state index contributed by atoms with van der Waals surface area (Å²) >= 11 is 7.62. The Morgan fingerprint density at radius 2 is 2.12 bits per heavy atom. The second-order valence-corrected chi connectivity index (χ2v) is 6.32. The summed E-state index contributed by atoms with van der Waals surface area (Å²) in [7, 11) is 0. The Bertz CT molecular complexity index is 703. The molecule has 0 aliphatic carbocycles. The van der Waals surface area contributed by atoms with Gasteiger partial charge >= 0.3 is 5.97 Å². The van der Waals surface area contributed by atoms with Crippen molar-refractivity contribution in [1.82, 2.24) is 10.3 Å². The van der Waals surface area contributed by atoms with Crippen molar-refractivity contribution in [2.45, 2.75) is 26.2 Å². The van der Waals surface area contributed by atoms with Crippen LogP contribution < -0.4 is 5.32 Å². The fourth-order valence-electron chi connectivity index (χ4n) is 2.07. The van der Waals surface area contributed by atoms with Gasteiger partial charge in [-0.25, -0.2) is 4.98 Å². The topological polar surface area (TPSA) is 68.3 Å². The maximum Gasteiger partial charge on any atom is 0.305 e. The van der Waals surface area contributed by atoms with Gasteiger partial charge in [-0.2, -0.15) is 0 Å². The van der Waals surface area contributed by atoms with Gasteiger partial charge in [-0.3, -0.25) is 9.59 Å². The van der Waals surface area contributed by atoms with Crippen LogP contribution in [-0.4, -0.2) is 30.0 Å². The number of hydrogen-bond donors (Lipinski definition) is 1. The number of ether oxygens (including phenoxy) is 1. The highest BCUT2D eigenvalue weighted by atomic mass is 35.5. The first-order valence-corrected chi connectivity index (χ1v) is 8.97. The van der Waals surface area contributed by atoms with E-state index in [1.165, 1.54) is 11.3 Å². The van der Waals surface area contributed by atoms with Gasteiger partial charge < -0.3 is 10.1 Å². The van der Waals surface area contributed by atoms with Crippen LogP contribution in [0.4, 0.5) is 0 Å². The van der Waals surface area contributed by atoms with Crippen molar-refractivity contribution >= 4 is 34.8 Å². The number of amides is 1. The quantitative estimate of drug-likeness (QED) is 0.573. The molecular formula is C17H19ClN2O3S. The summed E-state index contributed by atoms with van der Waals surface area (Å²) in [5.41, 5.74) is 1.57. The van der Waals surface area contributed by atoms with Crippen LogP contribution in [0.25, 0.3) is 10.6 Å². The minimum absolute atomic E-state index is 0.116. The van der Waals surface area contributed by atoms with E-state index >= 15 is 0 Å². The first kappa shape index (κ1) is 18.4. The Morgan fingerprint density at radius 3 is 2.88 bits per heavy atom. The molecule has 0 saturated heterocycles. The zero-order valence-electron chi connectivity index (χ0n) is 13.4. The van der Waals surface area contributed by atoms with Crippen LogP contribution in [0.5, 0.6) is 0 Å². The van der Waals surface area contributed by atoms with E-state index < -0.39 is 0 Å². The molecule has 1 aromatic heterocycles. The highest BCUT2D eigenvalue weighted by molar-refractivity contribution is 7.13. The number of hydrogen-bond acceptors (Lipinski definition) is 5. The number of halogens is 1. The summed E-state index contributed by atoms with van der Waals surface area (Å²) in [6, 6.07) is 7.48. The number of nitrogens with zero attached hydrogens (tertiary/aromatic N) is 1. The lowest BCUT2D eigenvalue weighted by Crippen LogP contribution is -2.26. The summed E-state index contributed by atoms with van der Waals surface area (Å²) in [5, 5.41) is 6.08. The molecule has 0 aliphatic heterocycles. The molecule has 2 aromatic rings. The van der Waals surface area contributed by atoms with Crippen LogP contribution in [0.1, 0.15) is 25.5 Å². The molecule has 1 amide bonds. The van der Waals surface area contributed by atoms with E-state index in [1.807, 2.05) is 29.6 Å². The third-order valence-electron chi connectivity index (χ3n) is 3.18. The Labute approximate surface area is 150 Å². The summed E-state index contributed by atoms with van der Waals surface area (Å²) in [5.74, 6) is -0.356. The van der Waals surface area contributed by atoms with Crippen LogP contribution in [0.3, 0.4) is 0 Å². The molecule has 1 heterocycles. The predicted octanol–water partition coefficient (Wildman–Crippen LogP) is 3.47. The van der Waals surface area contributed by atoms with Crippen LogP contribution in [0, 0.1) is 0 Å². The lowest BCUT2D eigenvalue weighted by atomic mass is 10.2. The van der Waals surface area contributed by atoms with E-state index in [1.54, 1.807) is 6.92 Å². The SMILES string of the molecule is CCOC(=O)CCCNC(=O)Cc1csc(-c2ccccc2Cl)n1. The van der Waals surface area contributed by atoms with Crippen molar-refractivity contribution in [3.63, 3.8) is 0 Å². The van der Waals surface area contributed by atoms with Crippen molar-refractivity contribution < 1.29 is 14.3 Å². The normalized spacial score (nSPS) is 10.4. The molecule has 7 heteroatoms. The highest BCUT2D eigenvalue weighted by Crippen LogP contribution is 2.30. The minimum atomic E-state index is -0.240. The molecule has 0 unspecified atom stereocenters. The van der Waals surface area contributed by atoms with Crippen molar-refractivity contribution in [2.24, 2.45) is 0 Å². The number of carbonyl (C=O) groups is 2. The molecule has 1 N–H and O–H groups in total. The van der Waals surface area contributed by atoms with E-state index in [4.69, 9.17) is 16.3 Å². The van der Waals surface area contributed by atoms with Gasteiger partial charge in [0.1, 0.15) is 5.01 Å². The highest BCUT2D eigenvalue weighted by Gasteiger charge is 2.11. The number of aromatic nitrogens is 1. The smallest absolute Gasteiger partial charge is 0.305 e. The fourth-order valence-corrected chi connectivity index (χ4v) is 3.21. The lowest BCUT2D eigenvalue weighted by molar-refractivity contribution is -0.143. The maximum atomic E-state index is 11.9. The van der Waals surface area contributed by atoms with E-state index in [0.29, 0.717) is 36.7 Å². The molecule has 0 atom stereocenters. The summed E-state index contributed by atoms with van der Waals surface area (Å²) < 4.78 is 4.83. The largest absolute Gasteiger partial charge is 0.466 e. The third kappa shape index (κ3) is 5.62. The minimum Gasteiger partial charge on any atom is -0.466 e. The molecule has 0 aliphatic rings. The van der Waals surface area contributed by atoms with Gasteiger partial charge in [-0.15, -0.1) is 11.3 Å². The molecule has 5 nitrogen and oxygen atoms in total. The first-order valence-electron chi connectivity index (χ1n) is 7.71. The number of carbonyl (C=O) groups excluding carboxylic acids is 2. The van der Waals surface area contributed by atoms with Crippen molar-refractivity contribution in [1.29, 1.82) is 0 Å². The van der Waals surface area contributed by atoms with E-state index in [-0.39, 0.29) is 18.3 Å². The van der Waals surface area contributed by atoms with E-state index in [9.17, 15) is 9.59 Å². The van der Waals surface area contributed by atoms with Crippen molar-refractivity contribution in [2.75, 3.05) is 13.2 Å². The van der Waals surface area contributed by atoms with Crippen molar-refractivity contribution in [3.8, 4) is 10.6 Å². The molecule has 24 heavy (non-hydrogen) atoms.